The summed E-state index contributed by atoms with van der Waals surface area (Å²) in [4.78, 5) is 14.6. The molecule has 0 aliphatic carbocycles. The van der Waals surface area contributed by atoms with E-state index >= 15 is 0 Å². The summed E-state index contributed by atoms with van der Waals surface area (Å²) in [5.41, 5.74) is 2.73. The highest BCUT2D eigenvalue weighted by atomic mass is 16.5. The van der Waals surface area contributed by atoms with Crippen LogP contribution in [0.25, 0.3) is 0 Å². The van der Waals surface area contributed by atoms with Crippen molar-refractivity contribution in [3.8, 4) is 5.75 Å². The molecule has 2 aromatic carbocycles. The van der Waals surface area contributed by atoms with E-state index in [-0.39, 0.29) is 12.4 Å². The van der Waals surface area contributed by atoms with Crippen molar-refractivity contribution < 1.29 is 19.4 Å². The molecule has 1 aliphatic heterocycles. The van der Waals surface area contributed by atoms with E-state index < -0.39 is 6.09 Å². The maximum absolute atomic E-state index is 12.1. The van der Waals surface area contributed by atoms with Crippen molar-refractivity contribution >= 4 is 11.9 Å². The monoisotopic (exact) mass is 495 g/mol. The van der Waals surface area contributed by atoms with Gasteiger partial charge in [-0.2, -0.15) is 0 Å². The average Bonchev–Trinajstić information content (AvgIpc) is 2.90. The molecule has 3 rings (SSSR count). The van der Waals surface area contributed by atoms with Gasteiger partial charge < -0.3 is 19.5 Å². The molecule has 7 heteroatoms. The molecule has 2 aromatic rings. The number of nitrogens with zero attached hydrogens (tertiary/aromatic N) is 1. The summed E-state index contributed by atoms with van der Waals surface area (Å²) in [6.45, 7) is 8.67. The number of ether oxygens (including phenoxy) is 2. The van der Waals surface area contributed by atoms with E-state index in [1.807, 2.05) is 36.4 Å². The Kier molecular flexibility index (Phi) is 11.2. The van der Waals surface area contributed by atoms with Gasteiger partial charge in [0.05, 0.1) is 6.61 Å². The first-order valence-electron chi connectivity index (χ1n) is 13.1. The third-order valence-electron chi connectivity index (χ3n) is 6.75. The van der Waals surface area contributed by atoms with Gasteiger partial charge in [0, 0.05) is 18.7 Å². The Balaban J connectivity index is 1.31. The minimum absolute atomic E-state index is 0.0101. The number of carbonyl (C=O) groups excluding carboxylic acids is 1. The highest BCUT2D eigenvalue weighted by Crippen LogP contribution is 2.22. The summed E-state index contributed by atoms with van der Waals surface area (Å²) in [5.74, 6) is 1.96. The fourth-order valence-electron chi connectivity index (χ4n) is 4.43. The minimum atomic E-state index is -0.648. The van der Waals surface area contributed by atoms with Gasteiger partial charge in [-0.3, -0.25) is 10.7 Å². The van der Waals surface area contributed by atoms with E-state index in [4.69, 9.17) is 20.0 Å². The molecule has 0 radical (unpaired) electrons. The van der Waals surface area contributed by atoms with E-state index in [1.54, 1.807) is 12.1 Å². The van der Waals surface area contributed by atoms with E-state index in [9.17, 15) is 4.79 Å². The maximum Gasteiger partial charge on any atom is 0.413 e. The van der Waals surface area contributed by atoms with Crippen LogP contribution >= 0.6 is 0 Å². The number of aliphatic hydroxyl groups is 1. The molecule has 1 heterocycles. The number of nitrogens with one attached hydrogen (secondary N) is 2. The molecule has 0 bridgehead atoms. The summed E-state index contributed by atoms with van der Waals surface area (Å²) in [6.07, 6.45) is 4.83. The quantitative estimate of drug-likeness (QED) is 0.211. The van der Waals surface area contributed by atoms with Crippen LogP contribution in [-0.4, -0.2) is 54.8 Å². The molecule has 196 valence electrons. The van der Waals surface area contributed by atoms with Gasteiger partial charge in [0.15, 0.2) is 0 Å². The van der Waals surface area contributed by atoms with E-state index in [0.717, 1.165) is 56.1 Å². The van der Waals surface area contributed by atoms with Gasteiger partial charge in [0.25, 0.3) is 0 Å². The Labute approximate surface area is 215 Å². The number of piperidine rings is 1. The predicted octanol–water partition coefficient (Wildman–Crippen LogP) is 5.32. The Bertz CT molecular complexity index is 936. The van der Waals surface area contributed by atoms with Crippen LogP contribution in [0.3, 0.4) is 0 Å². The summed E-state index contributed by atoms with van der Waals surface area (Å²) in [7, 11) is 0. The number of hydrogen-bond donors (Lipinski definition) is 3. The zero-order chi connectivity index (χ0) is 25.8. The van der Waals surface area contributed by atoms with Crippen LogP contribution < -0.4 is 10.1 Å². The average molecular weight is 496 g/mol. The zero-order valence-electron chi connectivity index (χ0n) is 21.7. The third-order valence-corrected chi connectivity index (χ3v) is 6.75. The van der Waals surface area contributed by atoms with E-state index in [1.165, 1.54) is 18.4 Å². The van der Waals surface area contributed by atoms with Crippen molar-refractivity contribution in [2.45, 2.75) is 58.5 Å². The Morgan fingerprint density at radius 3 is 2.42 bits per heavy atom. The molecule has 0 spiro atoms. The van der Waals surface area contributed by atoms with Gasteiger partial charge in [-0.05, 0) is 92.4 Å². The zero-order valence-corrected chi connectivity index (χ0v) is 21.7. The van der Waals surface area contributed by atoms with Crippen LogP contribution in [0, 0.1) is 11.3 Å². The second-order valence-electron chi connectivity index (χ2n) is 9.85. The molecule has 1 aliphatic rings. The molecule has 0 atom stereocenters. The van der Waals surface area contributed by atoms with Crippen molar-refractivity contribution in [2.24, 2.45) is 5.92 Å². The number of amides is 1. The SMILES string of the molecule is CC(C)c1ccc(COC(=O)NC(=N)c2ccc(OCCCN3CCC(CCCO)CC3)cc2)cc1. The highest BCUT2D eigenvalue weighted by Gasteiger charge is 2.18. The van der Waals surface area contributed by atoms with Gasteiger partial charge in [-0.1, -0.05) is 38.1 Å². The molecule has 0 saturated carbocycles. The van der Waals surface area contributed by atoms with Gasteiger partial charge >= 0.3 is 6.09 Å². The Morgan fingerprint density at radius 1 is 1.08 bits per heavy atom. The normalized spacial score (nSPS) is 14.6. The number of benzene rings is 2. The molecular weight excluding hydrogens is 454 g/mol. The molecular formula is C29H41N3O4. The van der Waals surface area contributed by atoms with Gasteiger partial charge in [-0.15, -0.1) is 0 Å². The summed E-state index contributed by atoms with van der Waals surface area (Å²) in [6, 6.07) is 15.2. The lowest BCUT2D eigenvalue weighted by Gasteiger charge is -2.31. The van der Waals surface area contributed by atoms with Crippen molar-refractivity contribution in [1.29, 1.82) is 5.41 Å². The Morgan fingerprint density at radius 2 is 1.78 bits per heavy atom. The highest BCUT2D eigenvalue weighted by molar-refractivity contribution is 6.04. The second-order valence-corrected chi connectivity index (χ2v) is 9.85. The van der Waals surface area contributed by atoms with Gasteiger partial charge in [0.2, 0.25) is 0 Å². The minimum Gasteiger partial charge on any atom is -0.494 e. The number of alkyl carbamates (subject to hydrolysis) is 1. The van der Waals surface area contributed by atoms with Crippen LogP contribution in [0.2, 0.25) is 0 Å². The van der Waals surface area contributed by atoms with E-state index in [2.05, 4.69) is 24.1 Å². The van der Waals surface area contributed by atoms with Crippen molar-refractivity contribution in [1.82, 2.24) is 10.2 Å². The first-order valence-corrected chi connectivity index (χ1v) is 13.1. The lowest BCUT2D eigenvalue weighted by atomic mass is 9.92. The molecule has 1 amide bonds. The van der Waals surface area contributed by atoms with Crippen molar-refractivity contribution in [3.63, 3.8) is 0 Å². The summed E-state index contributed by atoms with van der Waals surface area (Å²) < 4.78 is 11.1. The van der Waals surface area contributed by atoms with Crippen molar-refractivity contribution in [2.75, 3.05) is 32.8 Å². The molecule has 0 unspecified atom stereocenters. The summed E-state index contributed by atoms with van der Waals surface area (Å²) >= 11 is 0. The summed E-state index contributed by atoms with van der Waals surface area (Å²) in [5, 5.41) is 19.6. The van der Waals surface area contributed by atoms with Crippen LogP contribution in [0.5, 0.6) is 5.75 Å². The molecule has 0 aromatic heterocycles. The third kappa shape index (κ3) is 9.28. The number of aliphatic hydroxyl groups excluding tert-OH is 1. The smallest absolute Gasteiger partial charge is 0.413 e. The molecule has 1 fully saturated rings. The number of carbonyl (C=O) groups is 1. The molecule has 36 heavy (non-hydrogen) atoms. The molecule has 7 nitrogen and oxygen atoms in total. The van der Waals surface area contributed by atoms with Crippen molar-refractivity contribution in [3.05, 3.63) is 65.2 Å². The fourth-order valence-corrected chi connectivity index (χ4v) is 4.43. The number of rotatable bonds is 12. The van der Waals surface area contributed by atoms with Crippen LogP contribution in [0.1, 0.15) is 68.6 Å². The topological polar surface area (TPSA) is 94.9 Å². The standard InChI is InChI=1S/C29H41N3O4/c1-22(2)25-8-6-24(7-9-25)21-36-29(34)31-28(30)26-10-12-27(13-11-26)35-20-4-16-32-17-14-23(15-18-32)5-3-19-33/h6-13,22-23,33H,3-5,14-21H2,1-2H3,(H2,30,31,34). The first kappa shape index (κ1) is 27.7. The fraction of sp³-hybridized carbons (Fsp3) is 0.517. The van der Waals surface area contributed by atoms with E-state index in [0.29, 0.717) is 24.7 Å². The number of amidine groups is 1. The Hall–Kier alpha value is -2.90. The lowest BCUT2D eigenvalue weighted by molar-refractivity contribution is 0.145. The van der Waals surface area contributed by atoms with Gasteiger partial charge in [0.1, 0.15) is 18.2 Å². The second kappa shape index (κ2) is 14.6. The number of hydrogen-bond acceptors (Lipinski definition) is 6. The maximum atomic E-state index is 12.1. The lowest BCUT2D eigenvalue weighted by Crippen LogP contribution is -2.35. The number of likely N-dealkylation sites (tertiary alicyclic amines) is 1. The predicted molar refractivity (Wildman–Crippen MR) is 143 cm³/mol. The van der Waals surface area contributed by atoms with Gasteiger partial charge in [-0.25, -0.2) is 4.79 Å². The molecule has 3 N–H and O–H groups in total. The van der Waals surface area contributed by atoms with Crippen LogP contribution in [-0.2, 0) is 11.3 Å². The molecule has 1 saturated heterocycles. The first-order chi connectivity index (χ1) is 17.4. The van der Waals surface area contributed by atoms with Crippen LogP contribution in [0.4, 0.5) is 4.79 Å². The van der Waals surface area contributed by atoms with Crippen LogP contribution in [0.15, 0.2) is 48.5 Å². The largest absolute Gasteiger partial charge is 0.494 e.